The van der Waals surface area contributed by atoms with E-state index in [1.165, 1.54) is 5.56 Å². The van der Waals surface area contributed by atoms with E-state index in [2.05, 4.69) is 27.8 Å². The van der Waals surface area contributed by atoms with Crippen molar-refractivity contribution in [1.82, 2.24) is 10.6 Å². The van der Waals surface area contributed by atoms with Gasteiger partial charge in [-0.25, -0.2) is 0 Å². The number of rotatable bonds is 9. The minimum Gasteiger partial charge on any atom is -0.381 e. The summed E-state index contributed by atoms with van der Waals surface area (Å²) in [6.07, 6.45) is 5.13. The third-order valence-electron chi connectivity index (χ3n) is 6.16. The Kier molecular flexibility index (Phi) is 9.72. The Labute approximate surface area is 185 Å². The van der Waals surface area contributed by atoms with Crippen molar-refractivity contribution in [2.45, 2.75) is 37.5 Å². The number of hydrogen-bond acceptors (Lipinski definition) is 4. The molecule has 2 fully saturated rings. The number of nitrogens with one attached hydrogen (secondary N) is 2. The lowest BCUT2D eigenvalue weighted by molar-refractivity contribution is 0.0203. The van der Waals surface area contributed by atoms with Gasteiger partial charge in [0.15, 0.2) is 5.96 Å². The van der Waals surface area contributed by atoms with Gasteiger partial charge in [0.05, 0.1) is 0 Å². The van der Waals surface area contributed by atoms with Crippen LogP contribution in [0.4, 0.5) is 0 Å². The number of aliphatic imine (C=N–C) groups is 1. The molecule has 2 aliphatic heterocycles. The lowest BCUT2D eigenvalue weighted by Crippen LogP contribution is -2.48. The normalized spacial score (nSPS) is 20.1. The number of guanidine groups is 1. The number of hydrogen-bond donors (Lipinski definition) is 2. The molecule has 7 heteroatoms. The van der Waals surface area contributed by atoms with E-state index in [-0.39, 0.29) is 5.41 Å². The van der Waals surface area contributed by atoms with Gasteiger partial charge in [-0.3, -0.25) is 4.99 Å². The highest BCUT2D eigenvalue weighted by molar-refractivity contribution is 6.30. The molecule has 0 saturated carbocycles. The Morgan fingerprint density at radius 2 is 1.93 bits per heavy atom. The molecule has 0 atom stereocenters. The molecule has 0 bridgehead atoms. The molecule has 1 aromatic carbocycles. The summed E-state index contributed by atoms with van der Waals surface area (Å²) < 4.78 is 16.9. The van der Waals surface area contributed by atoms with Crippen LogP contribution in [0.25, 0.3) is 0 Å². The molecule has 0 aromatic heterocycles. The van der Waals surface area contributed by atoms with Gasteiger partial charge in [-0.05, 0) is 55.7 Å². The fourth-order valence-corrected chi connectivity index (χ4v) is 4.36. The monoisotopic (exact) mass is 437 g/mol. The zero-order chi connectivity index (χ0) is 21.1. The smallest absolute Gasteiger partial charge is 0.191 e. The Morgan fingerprint density at radius 1 is 1.17 bits per heavy atom. The van der Waals surface area contributed by atoms with E-state index in [9.17, 15) is 0 Å². The third kappa shape index (κ3) is 7.12. The molecule has 30 heavy (non-hydrogen) atoms. The predicted molar refractivity (Wildman–Crippen MR) is 122 cm³/mol. The van der Waals surface area contributed by atoms with Gasteiger partial charge >= 0.3 is 0 Å². The zero-order valence-corrected chi connectivity index (χ0v) is 18.9. The molecule has 3 rings (SSSR count). The van der Waals surface area contributed by atoms with Crippen molar-refractivity contribution in [3.63, 3.8) is 0 Å². The first-order valence-electron chi connectivity index (χ1n) is 11.2. The molecule has 2 aliphatic rings. The molecule has 1 aromatic rings. The second kappa shape index (κ2) is 12.5. The fraction of sp³-hybridized carbons (Fsp3) is 0.696. The molecule has 2 saturated heterocycles. The zero-order valence-electron chi connectivity index (χ0n) is 18.1. The van der Waals surface area contributed by atoms with E-state index >= 15 is 0 Å². The van der Waals surface area contributed by atoms with E-state index < -0.39 is 0 Å². The van der Waals surface area contributed by atoms with Crippen LogP contribution in [0.5, 0.6) is 0 Å². The maximum Gasteiger partial charge on any atom is 0.191 e. The van der Waals surface area contributed by atoms with Crippen molar-refractivity contribution >= 4 is 17.6 Å². The Balaban J connectivity index is 1.40. The molecule has 2 N–H and O–H groups in total. The number of halogens is 1. The molecule has 168 valence electrons. The third-order valence-corrected chi connectivity index (χ3v) is 6.39. The molecule has 2 heterocycles. The average Bonchev–Trinajstić information content (AvgIpc) is 2.79. The number of benzene rings is 1. The average molecular weight is 438 g/mol. The molecule has 0 spiro atoms. The van der Waals surface area contributed by atoms with Gasteiger partial charge in [0.1, 0.15) is 0 Å². The largest absolute Gasteiger partial charge is 0.381 e. The van der Waals surface area contributed by atoms with Crippen LogP contribution < -0.4 is 10.6 Å². The highest BCUT2D eigenvalue weighted by atomic mass is 35.5. The molecule has 0 unspecified atom stereocenters. The topological polar surface area (TPSA) is 64.1 Å². The van der Waals surface area contributed by atoms with E-state index in [4.69, 9.17) is 25.8 Å². The van der Waals surface area contributed by atoms with Crippen LogP contribution in [0.1, 0.15) is 37.7 Å². The Bertz CT molecular complexity index is 659. The van der Waals surface area contributed by atoms with Crippen LogP contribution in [0, 0.1) is 5.92 Å². The van der Waals surface area contributed by atoms with Crippen LogP contribution in [-0.2, 0) is 19.6 Å². The summed E-state index contributed by atoms with van der Waals surface area (Å²) >= 11 is 6.27. The molecular weight excluding hydrogens is 402 g/mol. The van der Waals surface area contributed by atoms with Gasteiger partial charge in [-0.1, -0.05) is 23.7 Å². The summed E-state index contributed by atoms with van der Waals surface area (Å²) in [5, 5.41) is 7.71. The first-order chi connectivity index (χ1) is 14.7. The fourth-order valence-electron chi connectivity index (χ4n) is 4.17. The SMILES string of the molecule is CN=C(NCCCOCC1CCOCC1)NCC1(c2cccc(Cl)c2)CCOCC1. The van der Waals surface area contributed by atoms with Crippen molar-refractivity contribution in [2.75, 3.05) is 59.8 Å². The van der Waals surface area contributed by atoms with Gasteiger partial charge in [0.2, 0.25) is 0 Å². The Morgan fingerprint density at radius 3 is 2.67 bits per heavy atom. The summed E-state index contributed by atoms with van der Waals surface area (Å²) in [6, 6.07) is 8.21. The van der Waals surface area contributed by atoms with Crippen molar-refractivity contribution in [2.24, 2.45) is 10.9 Å². The van der Waals surface area contributed by atoms with Crippen molar-refractivity contribution in [3.05, 3.63) is 34.9 Å². The van der Waals surface area contributed by atoms with Crippen LogP contribution in [-0.4, -0.2) is 65.7 Å². The lowest BCUT2D eigenvalue weighted by atomic mass is 9.74. The van der Waals surface area contributed by atoms with Gasteiger partial charge < -0.3 is 24.8 Å². The standard InChI is InChI=1S/C23H36ClN3O3/c1-25-22(26-10-3-11-30-17-19-6-12-28-13-7-19)27-18-23(8-14-29-15-9-23)20-4-2-5-21(24)16-20/h2,4-5,16,19H,3,6-15,17-18H2,1H3,(H2,25,26,27). The molecular formula is C23H36ClN3O3. The van der Waals surface area contributed by atoms with Crippen LogP contribution >= 0.6 is 11.6 Å². The predicted octanol–water partition coefficient (Wildman–Crippen LogP) is 3.39. The quantitative estimate of drug-likeness (QED) is 0.352. The lowest BCUT2D eigenvalue weighted by Gasteiger charge is -2.38. The molecule has 0 amide bonds. The summed E-state index contributed by atoms with van der Waals surface area (Å²) in [4.78, 5) is 4.39. The van der Waals surface area contributed by atoms with Gasteiger partial charge in [0, 0.05) is 70.2 Å². The van der Waals surface area contributed by atoms with Gasteiger partial charge in [-0.15, -0.1) is 0 Å². The van der Waals surface area contributed by atoms with E-state index in [0.29, 0.717) is 5.92 Å². The summed E-state index contributed by atoms with van der Waals surface area (Å²) in [5.74, 6) is 1.48. The summed E-state index contributed by atoms with van der Waals surface area (Å²) in [7, 11) is 1.81. The van der Waals surface area contributed by atoms with Crippen molar-refractivity contribution in [1.29, 1.82) is 0 Å². The molecule has 6 nitrogen and oxygen atoms in total. The van der Waals surface area contributed by atoms with Crippen molar-refractivity contribution < 1.29 is 14.2 Å². The second-order valence-electron chi connectivity index (χ2n) is 8.24. The van der Waals surface area contributed by atoms with E-state index in [1.54, 1.807) is 0 Å². The van der Waals surface area contributed by atoms with Crippen molar-refractivity contribution in [3.8, 4) is 0 Å². The number of ether oxygens (including phenoxy) is 3. The Hall–Kier alpha value is -1.34. The molecule has 0 radical (unpaired) electrons. The van der Waals surface area contributed by atoms with Crippen LogP contribution in [0.2, 0.25) is 5.02 Å². The molecule has 0 aliphatic carbocycles. The number of nitrogens with zero attached hydrogens (tertiary/aromatic N) is 1. The first kappa shape index (κ1) is 23.3. The van der Waals surface area contributed by atoms with E-state index in [0.717, 1.165) is 95.8 Å². The maximum absolute atomic E-state index is 6.27. The first-order valence-corrected chi connectivity index (χ1v) is 11.5. The summed E-state index contributed by atoms with van der Waals surface area (Å²) in [5.41, 5.74) is 1.27. The van der Waals surface area contributed by atoms with E-state index in [1.807, 2.05) is 19.2 Å². The second-order valence-corrected chi connectivity index (χ2v) is 8.68. The highest BCUT2D eigenvalue weighted by Crippen LogP contribution is 2.35. The van der Waals surface area contributed by atoms with Gasteiger partial charge in [-0.2, -0.15) is 0 Å². The van der Waals surface area contributed by atoms with Crippen LogP contribution in [0.3, 0.4) is 0 Å². The minimum absolute atomic E-state index is 0.00753. The minimum atomic E-state index is 0.00753. The van der Waals surface area contributed by atoms with Crippen LogP contribution in [0.15, 0.2) is 29.3 Å². The van der Waals surface area contributed by atoms with Gasteiger partial charge in [0.25, 0.3) is 0 Å². The highest BCUT2D eigenvalue weighted by Gasteiger charge is 2.34. The summed E-state index contributed by atoms with van der Waals surface area (Å²) in [6.45, 7) is 6.54. The maximum atomic E-state index is 6.27.